The molecule has 0 aliphatic heterocycles. The van der Waals surface area contributed by atoms with Gasteiger partial charge in [0.15, 0.2) is 5.16 Å². The minimum Gasteiger partial charge on any atom is -0.325 e. The van der Waals surface area contributed by atoms with Crippen LogP contribution in [0.2, 0.25) is 0 Å². The summed E-state index contributed by atoms with van der Waals surface area (Å²) >= 11 is 1.39. The highest BCUT2D eigenvalue weighted by Gasteiger charge is 2.08. The van der Waals surface area contributed by atoms with Crippen LogP contribution in [-0.2, 0) is 17.8 Å². The van der Waals surface area contributed by atoms with Crippen LogP contribution in [0.1, 0.15) is 19.4 Å². The number of aromatic nitrogens is 3. The molecule has 0 fully saturated rings. The third-order valence-corrected chi connectivity index (χ3v) is 3.88. The van der Waals surface area contributed by atoms with E-state index in [1.54, 1.807) is 6.33 Å². The molecule has 0 aliphatic rings. The maximum atomic E-state index is 11.9. The number of hydrogen-bond donors (Lipinski definition) is 1. The fourth-order valence-electron chi connectivity index (χ4n) is 1.72. The van der Waals surface area contributed by atoms with Crippen LogP contribution in [0.4, 0.5) is 5.69 Å². The molecule has 0 saturated heterocycles. The van der Waals surface area contributed by atoms with Gasteiger partial charge in [0.2, 0.25) is 5.91 Å². The molecule has 1 aromatic heterocycles. The maximum absolute atomic E-state index is 11.9. The quantitative estimate of drug-likeness (QED) is 0.831. The first-order valence-electron chi connectivity index (χ1n) is 6.62. The van der Waals surface area contributed by atoms with Gasteiger partial charge in [-0.1, -0.05) is 30.8 Å². The Hall–Kier alpha value is -1.82. The van der Waals surface area contributed by atoms with Gasteiger partial charge < -0.3 is 9.88 Å². The standard InChI is InChI=1S/C14H18N4OS/c1-3-11-5-7-12(8-6-11)16-13(19)9-20-14-17-15-10-18(14)4-2/h5-8,10H,3-4,9H2,1-2H3,(H,16,19). The number of carbonyl (C=O) groups excluding carboxylic acids is 1. The maximum Gasteiger partial charge on any atom is 0.234 e. The zero-order valence-corrected chi connectivity index (χ0v) is 12.5. The van der Waals surface area contributed by atoms with Crippen molar-refractivity contribution < 1.29 is 4.79 Å². The second-order valence-electron chi connectivity index (χ2n) is 4.29. The number of anilines is 1. The normalized spacial score (nSPS) is 10.5. The van der Waals surface area contributed by atoms with Crippen molar-refractivity contribution in [1.29, 1.82) is 0 Å². The topological polar surface area (TPSA) is 59.8 Å². The Labute approximate surface area is 122 Å². The van der Waals surface area contributed by atoms with E-state index in [2.05, 4.69) is 22.4 Å². The van der Waals surface area contributed by atoms with Gasteiger partial charge in [0.1, 0.15) is 6.33 Å². The van der Waals surface area contributed by atoms with E-state index < -0.39 is 0 Å². The Bertz CT molecular complexity index is 565. The van der Waals surface area contributed by atoms with Crippen molar-refractivity contribution in [3.8, 4) is 0 Å². The summed E-state index contributed by atoms with van der Waals surface area (Å²) in [5.41, 5.74) is 2.08. The van der Waals surface area contributed by atoms with Crippen LogP contribution < -0.4 is 5.32 Å². The van der Waals surface area contributed by atoms with Gasteiger partial charge in [0.25, 0.3) is 0 Å². The minimum atomic E-state index is -0.0371. The summed E-state index contributed by atoms with van der Waals surface area (Å²) in [5, 5.41) is 11.5. The van der Waals surface area contributed by atoms with Crippen LogP contribution in [-0.4, -0.2) is 26.4 Å². The molecular formula is C14H18N4OS. The van der Waals surface area contributed by atoms with Gasteiger partial charge in [-0.3, -0.25) is 4.79 Å². The van der Waals surface area contributed by atoms with Gasteiger partial charge in [-0.05, 0) is 31.0 Å². The lowest BCUT2D eigenvalue weighted by Crippen LogP contribution is -2.14. The molecule has 0 radical (unpaired) electrons. The first-order chi connectivity index (χ1) is 9.72. The number of aryl methyl sites for hydroxylation is 2. The summed E-state index contributed by atoms with van der Waals surface area (Å²) in [7, 11) is 0. The van der Waals surface area contributed by atoms with Crippen molar-refractivity contribution in [3.63, 3.8) is 0 Å². The molecule has 6 heteroatoms. The van der Waals surface area contributed by atoms with E-state index >= 15 is 0 Å². The van der Waals surface area contributed by atoms with Crippen molar-refractivity contribution in [3.05, 3.63) is 36.2 Å². The second-order valence-corrected chi connectivity index (χ2v) is 5.23. The molecule has 2 rings (SSSR count). The first-order valence-corrected chi connectivity index (χ1v) is 7.61. The molecule has 1 heterocycles. The number of amides is 1. The SMILES string of the molecule is CCc1ccc(NC(=O)CSc2nncn2CC)cc1. The Morgan fingerprint density at radius 3 is 2.70 bits per heavy atom. The van der Waals surface area contributed by atoms with E-state index in [0.717, 1.165) is 23.8 Å². The highest BCUT2D eigenvalue weighted by atomic mass is 32.2. The third-order valence-electron chi connectivity index (χ3n) is 2.90. The van der Waals surface area contributed by atoms with Gasteiger partial charge >= 0.3 is 0 Å². The summed E-state index contributed by atoms with van der Waals surface area (Å²) in [5.74, 6) is 0.290. The van der Waals surface area contributed by atoms with Crippen LogP contribution >= 0.6 is 11.8 Å². The van der Waals surface area contributed by atoms with Crippen LogP contribution in [0.3, 0.4) is 0 Å². The van der Waals surface area contributed by atoms with Crippen molar-refractivity contribution >= 4 is 23.4 Å². The van der Waals surface area contributed by atoms with Gasteiger partial charge in [-0.2, -0.15) is 0 Å². The number of thioether (sulfide) groups is 1. The zero-order valence-electron chi connectivity index (χ0n) is 11.7. The number of nitrogens with one attached hydrogen (secondary N) is 1. The average Bonchev–Trinajstić information content (AvgIpc) is 2.93. The third kappa shape index (κ3) is 3.84. The van der Waals surface area contributed by atoms with E-state index in [0.29, 0.717) is 5.75 Å². The zero-order chi connectivity index (χ0) is 14.4. The van der Waals surface area contributed by atoms with Gasteiger partial charge in [-0.15, -0.1) is 10.2 Å². The van der Waals surface area contributed by atoms with Crippen molar-refractivity contribution in [2.24, 2.45) is 0 Å². The molecule has 20 heavy (non-hydrogen) atoms. The Morgan fingerprint density at radius 2 is 2.05 bits per heavy atom. The molecule has 0 bridgehead atoms. The highest BCUT2D eigenvalue weighted by Crippen LogP contribution is 2.15. The lowest BCUT2D eigenvalue weighted by atomic mass is 10.1. The van der Waals surface area contributed by atoms with Crippen LogP contribution in [0.15, 0.2) is 35.7 Å². The molecule has 1 N–H and O–H groups in total. The number of carbonyl (C=O) groups is 1. The lowest BCUT2D eigenvalue weighted by Gasteiger charge is -2.06. The van der Waals surface area contributed by atoms with Crippen molar-refractivity contribution in [2.45, 2.75) is 32.0 Å². The number of hydrogen-bond acceptors (Lipinski definition) is 4. The average molecular weight is 290 g/mol. The Morgan fingerprint density at radius 1 is 1.30 bits per heavy atom. The summed E-state index contributed by atoms with van der Waals surface area (Å²) in [6.07, 6.45) is 2.67. The summed E-state index contributed by atoms with van der Waals surface area (Å²) < 4.78 is 1.91. The van der Waals surface area contributed by atoms with E-state index in [-0.39, 0.29) is 5.91 Å². The smallest absolute Gasteiger partial charge is 0.234 e. The van der Waals surface area contributed by atoms with Crippen LogP contribution in [0, 0.1) is 0 Å². The first kappa shape index (κ1) is 14.6. The van der Waals surface area contributed by atoms with E-state index in [1.807, 2.05) is 35.8 Å². The Balaban J connectivity index is 1.86. The van der Waals surface area contributed by atoms with Gasteiger partial charge in [-0.25, -0.2) is 0 Å². The molecule has 106 valence electrons. The fraction of sp³-hybridized carbons (Fsp3) is 0.357. The predicted molar refractivity (Wildman–Crippen MR) is 80.9 cm³/mol. The molecule has 0 aliphatic carbocycles. The van der Waals surface area contributed by atoms with Crippen LogP contribution in [0.25, 0.3) is 0 Å². The monoisotopic (exact) mass is 290 g/mol. The van der Waals surface area contributed by atoms with E-state index in [9.17, 15) is 4.79 Å². The molecule has 0 unspecified atom stereocenters. The van der Waals surface area contributed by atoms with E-state index in [4.69, 9.17) is 0 Å². The number of benzene rings is 1. The fourth-order valence-corrected chi connectivity index (χ4v) is 2.50. The molecule has 2 aromatic rings. The largest absolute Gasteiger partial charge is 0.325 e. The van der Waals surface area contributed by atoms with Gasteiger partial charge in [0.05, 0.1) is 5.75 Å². The van der Waals surface area contributed by atoms with Crippen molar-refractivity contribution in [2.75, 3.05) is 11.1 Å². The van der Waals surface area contributed by atoms with Crippen molar-refractivity contribution in [1.82, 2.24) is 14.8 Å². The molecule has 0 spiro atoms. The van der Waals surface area contributed by atoms with Crippen LogP contribution in [0.5, 0.6) is 0 Å². The van der Waals surface area contributed by atoms with Gasteiger partial charge in [0, 0.05) is 12.2 Å². The summed E-state index contributed by atoms with van der Waals surface area (Å²) in [6, 6.07) is 7.90. The minimum absolute atomic E-state index is 0.0371. The molecular weight excluding hydrogens is 272 g/mol. The highest BCUT2D eigenvalue weighted by molar-refractivity contribution is 7.99. The Kier molecular flexibility index (Phi) is 5.17. The molecule has 1 amide bonds. The number of nitrogens with zero attached hydrogens (tertiary/aromatic N) is 3. The molecule has 0 saturated carbocycles. The second kappa shape index (κ2) is 7.09. The van der Waals surface area contributed by atoms with E-state index in [1.165, 1.54) is 17.3 Å². The predicted octanol–water partition coefficient (Wildman–Crippen LogP) is 2.59. The molecule has 0 atom stereocenters. The number of rotatable bonds is 6. The lowest BCUT2D eigenvalue weighted by molar-refractivity contribution is -0.113. The summed E-state index contributed by atoms with van der Waals surface area (Å²) in [6.45, 7) is 4.92. The molecule has 1 aromatic carbocycles. The molecule has 5 nitrogen and oxygen atoms in total. The summed E-state index contributed by atoms with van der Waals surface area (Å²) in [4.78, 5) is 11.9.